The second-order valence-electron chi connectivity index (χ2n) is 3.04. The Balaban J connectivity index is 3.46. The lowest BCUT2D eigenvalue weighted by atomic mass is 10.1. The lowest BCUT2D eigenvalue weighted by molar-refractivity contribution is 0.379. The van der Waals surface area contributed by atoms with Crippen molar-refractivity contribution >= 4 is 0 Å². The number of nitrogens with two attached hydrogens (primary N) is 2. The van der Waals surface area contributed by atoms with Gasteiger partial charge in [-0.3, -0.25) is 5.32 Å². The predicted octanol–water partition coefficient (Wildman–Crippen LogP) is -0.136. The van der Waals surface area contributed by atoms with Crippen molar-refractivity contribution in [1.29, 1.82) is 0 Å². The third-order valence-electron chi connectivity index (χ3n) is 1.73. The largest absolute Gasteiger partial charge is 0.328 e. The van der Waals surface area contributed by atoms with Crippen molar-refractivity contribution < 1.29 is 0 Å². The van der Waals surface area contributed by atoms with Crippen LogP contribution in [-0.4, -0.2) is 18.8 Å². The van der Waals surface area contributed by atoms with E-state index in [0.29, 0.717) is 18.5 Å². The van der Waals surface area contributed by atoms with E-state index in [9.17, 15) is 0 Å². The second-order valence-corrected chi connectivity index (χ2v) is 3.04. The first kappa shape index (κ1) is 9.88. The van der Waals surface area contributed by atoms with Gasteiger partial charge in [0, 0.05) is 12.6 Å². The van der Waals surface area contributed by atoms with E-state index in [-0.39, 0.29) is 6.17 Å². The molecule has 0 aromatic carbocycles. The zero-order valence-corrected chi connectivity index (χ0v) is 7.09. The van der Waals surface area contributed by atoms with Gasteiger partial charge in [-0.25, -0.2) is 0 Å². The van der Waals surface area contributed by atoms with Crippen LogP contribution >= 0.6 is 0 Å². The average Bonchev–Trinajstić information content (AvgIpc) is 1.87. The van der Waals surface area contributed by atoms with Crippen molar-refractivity contribution in [3.8, 4) is 0 Å². The van der Waals surface area contributed by atoms with E-state index in [4.69, 9.17) is 11.5 Å². The zero-order chi connectivity index (χ0) is 8.15. The lowest BCUT2D eigenvalue weighted by Gasteiger charge is -2.21. The molecule has 3 heteroatoms. The number of hydrogen-bond acceptors (Lipinski definition) is 3. The van der Waals surface area contributed by atoms with Gasteiger partial charge in [-0.2, -0.15) is 0 Å². The molecule has 0 heterocycles. The molecular formula is C7H19N3. The fourth-order valence-corrected chi connectivity index (χ4v) is 0.598. The molecule has 0 spiro atoms. The molecule has 0 bridgehead atoms. The first-order valence-electron chi connectivity index (χ1n) is 3.79. The monoisotopic (exact) mass is 145 g/mol. The van der Waals surface area contributed by atoms with Gasteiger partial charge in [0.15, 0.2) is 0 Å². The minimum Gasteiger partial charge on any atom is -0.328 e. The van der Waals surface area contributed by atoms with Crippen molar-refractivity contribution in [2.24, 2.45) is 17.4 Å². The van der Waals surface area contributed by atoms with Gasteiger partial charge in [-0.05, 0) is 12.8 Å². The molecule has 0 rings (SSSR count). The minimum absolute atomic E-state index is 0.0580. The molecule has 0 amide bonds. The van der Waals surface area contributed by atoms with Gasteiger partial charge < -0.3 is 11.5 Å². The molecular weight excluding hydrogens is 126 g/mol. The molecule has 0 radical (unpaired) electrons. The van der Waals surface area contributed by atoms with Crippen LogP contribution in [0.15, 0.2) is 0 Å². The maximum absolute atomic E-state index is 5.58. The summed E-state index contributed by atoms with van der Waals surface area (Å²) < 4.78 is 0. The van der Waals surface area contributed by atoms with E-state index >= 15 is 0 Å². The van der Waals surface area contributed by atoms with Gasteiger partial charge in [0.2, 0.25) is 0 Å². The molecule has 0 aliphatic rings. The highest BCUT2D eigenvalue weighted by Gasteiger charge is 2.08. The van der Waals surface area contributed by atoms with Crippen molar-refractivity contribution in [2.75, 3.05) is 6.54 Å². The molecule has 2 unspecified atom stereocenters. The van der Waals surface area contributed by atoms with Crippen LogP contribution in [0.1, 0.15) is 20.8 Å². The van der Waals surface area contributed by atoms with E-state index in [1.54, 1.807) is 0 Å². The van der Waals surface area contributed by atoms with E-state index in [1.165, 1.54) is 0 Å². The van der Waals surface area contributed by atoms with E-state index < -0.39 is 0 Å². The number of hydrogen-bond donors (Lipinski definition) is 3. The molecule has 0 saturated carbocycles. The van der Waals surface area contributed by atoms with Crippen LogP contribution in [0.2, 0.25) is 0 Å². The Morgan fingerprint density at radius 1 is 1.30 bits per heavy atom. The quantitative estimate of drug-likeness (QED) is 0.483. The highest BCUT2D eigenvalue weighted by Crippen LogP contribution is 1.98. The van der Waals surface area contributed by atoms with Crippen LogP contribution in [0, 0.1) is 5.92 Å². The van der Waals surface area contributed by atoms with Crippen LogP contribution in [0.3, 0.4) is 0 Å². The standard InChI is InChI=1S/C7H19N3/c1-5(2)6(3)10-7(9)4-8/h5-7,10H,4,8-9H2,1-3H3. The van der Waals surface area contributed by atoms with E-state index in [2.05, 4.69) is 26.1 Å². The summed E-state index contributed by atoms with van der Waals surface area (Å²) in [7, 11) is 0. The third kappa shape index (κ3) is 3.82. The van der Waals surface area contributed by atoms with Gasteiger partial charge in [0.05, 0.1) is 6.17 Å². The lowest BCUT2D eigenvalue weighted by Crippen LogP contribution is -2.49. The van der Waals surface area contributed by atoms with Gasteiger partial charge in [-0.1, -0.05) is 13.8 Å². The SMILES string of the molecule is CC(C)C(C)NC(N)CN. The Labute approximate surface area is 63.2 Å². The van der Waals surface area contributed by atoms with Gasteiger partial charge in [-0.15, -0.1) is 0 Å². The summed E-state index contributed by atoms with van der Waals surface area (Å²) in [6.45, 7) is 6.92. The number of rotatable bonds is 4. The fraction of sp³-hybridized carbons (Fsp3) is 1.00. The van der Waals surface area contributed by atoms with Crippen molar-refractivity contribution in [2.45, 2.75) is 33.0 Å². The van der Waals surface area contributed by atoms with Crippen molar-refractivity contribution in [1.82, 2.24) is 5.32 Å². The molecule has 5 N–H and O–H groups in total. The fourth-order valence-electron chi connectivity index (χ4n) is 0.598. The summed E-state index contributed by atoms with van der Waals surface area (Å²) in [5.74, 6) is 0.609. The summed E-state index contributed by atoms with van der Waals surface area (Å²) in [6, 6.07) is 0.443. The molecule has 0 aromatic heterocycles. The van der Waals surface area contributed by atoms with E-state index in [0.717, 1.165) is 0 Å². The Hall–Kier alpha value is -0.120. The predicted molar refractivity (Wildman–Crippen MR) is 44.5 cm³/mol. The topological polar surface area (TPSA) is 64.1 Å². The van der Waals surface area contributed by atoms with E-state index in [1.807, 2.05) is 0 Å². The molecule has 0 saturated heterocycles. The van der Waals surface area contributed by atoms with Gasteiger partial charge >= 0.3 is 0 Å². The molecule has 0 aliphatic carbocycles. The first-order valence-corrected chi connectivity index (χ1v) is 3.79. The first-order chi connectivity index (χ1) is 4.57. The van der Waals surface area contributed by atoms with Gasteiger partial charge in [0.25, 0.3) is 0 Å². The maximum atomic E-state index is 5.58. The molecule has 0 aromatic rings. The van der Waals surface area contributed by atoms with Crippen molar-refractivity contribution in [3.05, 3.63) is 0 Å². The van der Waals surface area contributed by atoms with Crippen LogP contribution in [-0.2, 0) is 0 Å². The molecule has 62 valence electrons. The summed E-state index contributed by atoms with van der Waals surface area (Å²) >= 11 is 0. The van der Waals surface area contributed by atoms with Crippen LogP contribution in [0.5, 0.6) is 0 Å². The summed E-state index contributed by atoms with van der Waals surface area (Å²) in [6.07, 6.45) is -0.0580. The Morgan fingerprint density at radius 3 is 2.10 bits per heavy atom. The smallest absolute Gasteiger partial charge is 0.0675 e. The van der Waals surface area contributed by atoms with Crippen LogP contribution < -0.4 is 16.8 Å². The third-order valence-corrected chi connectivity index (χ3v) is 1.73. The summed E-state index contributed by atoms with van der Waals surface area (Å²) in [5.41, 5.74) is 10.9. The van der Waals surface area contributed by atoms with Gasteiger partial charge in [0.1, 0.15) is 0 Å². The average molecular weight is 145 g/mol. The molecule has 0 aliphatic heterocycles. The van der Waals surface area contributed by atoms with Crippen LogP contribution in [0.25, 0.3) is 0 Å². The van der Waals surface area contributed by atoms with Crippen LogP contribution in [0.4, 0.5) is 0 Å². The molecule has 0 fully saturated rings. The zero-order valence-electron chi connectivity index (χ0n) is 7.09. The number of nitrogens with one attached hydrogen (secondary N) is 1. The molecule has 3 nitrogen and oxygen atoms in total. The van der Waals surface area contributed by atoms with Crippen molar-refractivity contribution in [3.63, 3.8) is 0 Å². The highest BCUT2D eigenvalue weighted by atomic mass is 15.1. The minimum atomic E-state index is -0.0580. The highest BCUT2D eigenvalue weighted by molar-refractivity contribution is 4.68. The Morgan fingerprint density at radius 2 is 1.80 bits per heavy atom. The summed E-state index contributed by atoms with van der Waals surface area (Å²) in [4.78, 5) is 0. The Bertz CT molecular complexity index is 82.9. The normalized spacial score (nSPS) is 17.4. The molecule has 10 heavy (non-hydrogen) atoms. The summed E-state index contributed by atoms with van der Waals surface area (Å²) in [5, 5.41) is 3.18. The molecule has 2 atom stereocenters. The second kappa shape index (κ2) is 4.66. The Kier molecular flexibility index (Phi) is 4.60. The maximum Gasteiger partial charge on any atom is 0.0675 e.